The Morgan fingerprint density at radius 1 is 1.07 bits per heavy atom. The van der Waals surface area contributed by atoms with Crippen molar-refractivity contribution in [2.75, 3.05) is 13.2 Å². The fourth-order valence-corrected chi connectivity index (χ4v) is 3.88. The van der Waals surface area contributed by atoms with E-state index in [1.54, 1.807) is 6.07 Å². The summed E-state index contributed by atoms with van der Waals surface area (Å²) < 4.78 is 61.3. The molecule has 0 N–H and O–H groups in total. The summed E-state index contributed by atoms with van der Waals surface area (Å²) in [7, 11) is 0. The van der Waals surface area contributed by atoms with Crippen LogP contribution in [0.1, 0.15) is 17.5 Å². The summed E-state index contributed by atoms with van der Waals surface area (Å²) >= 11 is 0. The van der Waals surface area contributed by atoms with Crippen LogP contribution in [-0.4, -0.2) is 42.7 Å². The van der Waals surface area contributed by atoms with E-state index in [1.807, 2.05) is 18.2 Å². The van der Waals surface area contributed by atoms with Gasteiger partial charge in [0.2, 0.25) is 0 Å². The van der Waals surface area contributed by atoms with Crippen LogP contribution in [0.4, 0.5) is 17.6 Å². The lowest BCUT2D eigenvalue weighted by molar-refractivity contribution is -0.253. The largest absolute Gasteiger partial charge is 0.461 e. The molecule has 0 aliphatic carbocycles. The van der Waals surface area contributed by atoms with Gasteiger partial charge in [-0.25, -0.2) is 0 Å². The number of alkyl halides is 4. The van der Waals surface area contributed by atoms with Crippen LogP contribution in [-0.2, 0) is 11.3 Å². The van der Waals surface area contributed by atoms with Crippen molar-refractivity contribution in [1.29, 1.82) is 0 Å². The van der Waals surface area contributed by atoms with Crippen LogP contribution in [0.2, 0.25) is 0 Å². The molecule has 2 aliphatic rings. The lowest BCUT2D eigenvalue weighted by atomic mass is 9.89. The molecular weight excluding hydrogens is 386 g/mol. The second kappa shape index (κ2) is 8.16. The van der Waals surface area contributed by atoms with Crippen molar-refractivity contribution in [1.82, 2.24) is 4.90 Å². The topological polar surface area (TPSA) is 21.7 Å². The minimum atomic E-state index is -4.52. The first kappa shape index (κ1) is 19.9. The smallest absolute Gasteiger partial charge is 0.428 e. The van der Waals surface area contributed by atoms with Crippen molar-refractivity contribution in [2.45, 2.75) is 37.6 Å². The zero-order valence-corrected chi connectivity index (χ0v) is 15.6. The number of rotatable bonds is 6. The predicted octanol–water partition coefficient (Wildman–Crippen LogP) is 4.98. The number of benzene rings is 2. The van der Waals surface area contributed by atoms with Gasteiger partial charge in [-0.15, -0.1) is 0 Å². The van der Waals surface area contributed by atoms with Crippen molar-refractivity contribution < 1.29 is 27.0 Å². The highest BCUT2D eigenvalue weighted by molar-refractivity contribution is 5.69. The Morgan fingerprint density at radius 2 is 1.86 bits per heavy atom. The number of hydrogen-bond donors (Lipinski definition) is 0. The summed E-state index contributed by atoms with van der Waals surface area (Å²) in [6.45, 7) is 1.93. The van der Waals surface area contributed by atoms with Gasteiger partial charge in [0.1, 0.15) is 5.75 Å². The molecule has 154 valence electrons. The Morgan fingerprint density at radius 3 is 2.59 bits per heavy atom. The average molecular weight is 407 g/mol. The quantitative estimate of drug-likeness (QED) is 0.631. The summed E-state index contributed by atoms with van der Waals surface area (Å²) in [6.07, 6.45) is -5.65. The first-order valence-corrected chi connectivity index (χ1v) is 9.46. The average Bonchev–Trinajstić information content (AvgIpc) is 2.68. The van der Waals surface area contributed by atoms with Gasteiger partial charge in [0.25, 0.3) is 0 Å². The Hall–Kier alpha value is -2.38. The summed E-state index contributed by atoms with van der Waals surface area (Å²) in [5.74, 6) is -0.276. The third-order valence-electron chi connectivity index (χ3n) is 5.26. The van der Waals surface area contributed by atoms with E-state index in [-0.39, 0.29) is 17.8 Å². The van der Waals surface area contributed by atoms with Crippen LogP contribution in [0, 0.1) is 0 Å². The summed E-state index contributed by atoms with van der Waals surface area (Å²) in [5.41, 5.74) is 2.90. The van der Waals surface area contributed by atoms with Gasteiger partial charge in [-0.1, -0.05) is 48.5 Å². The SMILES string of the molecule is FC(F)C(F)(F)Oc1cccc(C2=CC3COCC(C2)N3Cc2ccccc2)c1. The molecule has 0 radical (unpaired) electrons. The molecule has 7 heteroatoms. The molecule has 2 heterocycles. The number of ether oxygens (including phenoxy) is 2. The monoisotopic (exact) mass is 407 g/mol. The van der Waals surface area contributed by atoms with Crippen molar-refractivity contribution in [3.05, 3.63) is 71.8 Å². The van der Waals surface area contributed by atoms with Crippen molar-refractivity contribution in [2.24, 2.45) is 0 Å². The number of hydrogen-bond acceptors (Lipinski definition) is 3. The van der Waals surface area contributed by atoms with E-state index in [0.717, 1.165) is 12.1 Å². The standard InChI is InChI=1S/C22H21F4NO2/c23-21(24)22(25,26)29-20-8-4-7-16(11-20)17-9-18-13-28-14-19(10-17)27(18)12-15-5-2-1-3-6-15/h1-9,11,18-19,21H,10,12-14H2. The molecule has 2 aromatic rings. The summed E-state index contributed by atoms with van der Waals surface area (Å²) in [5, 5.41) is 0. The Bertz CT molecular complexity index is 872. The fraction of sp³-hybridized carbons (Fsp3) is 0.364. The van der Waals surface area contributed by atoms with Crippen molar-refractivity contribution in [3.8, 4) is 5.75 Å². The molecule has 2 aliphatic heterocycles. The lowest BCUT2D eigenvalue weighted by Gasteiger charge is -2.45. The van der Waals surface area contributed by atoms with Gasteiger partial charge >= 0.3 is 12.5 Å². The van der Waals surface area contributed by atoms with Crippen LogP contribution in [0.25, 0.3) is 5.57 Å². The van der Waals surface area contributed by atoms with E-state index in [9.17, 15) is 17.6 Å². The zero-order valence-electron chi connectivity index (χ0n) is 15.6. The molecule has 29 heavy (non-hydrogen) atoms. The molecule has 0 spiro atoms. The molecule has 0 aromatic heterocycles. The van der Waals surface area contributed by atoms with E-state index < -0.39 is 12.5 Å². The van der Waals surface area contributed by atoms with Crippen LogP contribution in [0.5, 0.6) is 5.75 Å². The zero-order chi connectivity index (χ0) is 20.4. The Labute approximate surface area is 166 Å². The van der Waals surface area contributed by atoms with Crippen LogP contribution >= 0.6 is 0 Å². The molecule has 2 aromatic carbocycles. The van der Waals surface area contributed by atoms with Crippen LogP contribution in [0.15, 0.2) is 60.7 Å². The lowest BCUT2D eigenvalue weighted by Crippen LogP contribution is -2.53. The van der Waals surface area contributed by atoms with Crippen LogP contribution < -0.4 is 4.74 Å². The molecule has 1 saturated heterocycles. The van der Waals surface area contributed by atoms with Gasteiger partial charge in [-0.3, -0.25) is 4.90 Å². The first-order chi connectivity index (χ1) is 13.9. The van der Waals surface area contributed by atoms with Crippen molar-refractivity contribution in [3.63, 3.8) is 0 Å². The maximum atomic E-state index is 13.2. The minimum absolute atomic E-state index is 0.0600. The summed E-state index contributed by atoms with van der Waals surface area (Å²) in [6, 6.07) is 16.3. The third kappa shape index (κ3) is 4.46. The highest BCUT2D eigenvalue weighted by Crippen LogP contribution is 2.35. The van der Waals surface area contributed by atoms with Crippen LogP contribution in [0.3, 0.4) is 0 Å². The second-order valence-electron chi connectivity index (χ2n) is 7.30. The third-order valence-corrected chi connectivity index (χ3v) is 5.26. The predicted molar refractivity (Wildman–Crippen MR) is 101 cm³/mol. The van der Waals surface area contributed by atoms with E-state index in [2.05, 4.69) is 27.8 Å². The van der Waals surface area contributed by atoms with Gasteiger partial charge in [0.15, 0.2) is 0 Å². The Kier molecular flexibility index (Phi) is 5.61. The molecule has 4 rings (SSSR count). The minimum Gasteiger partial charge on any atom is -0.428 e. The van der Waals surface area contributed by atoms with Gasteiger partial charge in [0, 0.05) is 12.6 Å². The second-order valence-corrected chi connectivity index (χ2v) is 7.30. The maximum absolute atomic E-state index is 13.2. The van der Waals surface area contributed by atoms with Gasteiger partial charge < -0.3 is 9.47 Å². The van der Waals surface area contributed by atoms with Gasteiger partial charge in [-0.05, 0) is 35.3 Å². The van der Waals surface area contributed by atoms with Gasteiger partial charge in [0.05, 0.1) is 19.3 Å². The van der Waals surface area contributed by atoms with E-state index in [1.165, 1.54) is 23.8 Å². The van der Waals surface area contributed by atoms with E-state index in [4.69, 9.17) is 4.74 Å². The number of morpholine rings is 1. The normalized spacial score (nSPS) is 22.4. The molecule has 2 atom stereocenters. The first-order valence-electron chi connectivity index (χ1n) is 9.46. The highest BCUT2D eigenvalue weighted by Gasteiger charge is 2.44. The van der Waals surface area contributed by atoms with E-state index in [0.29, 0.717) is 25.2 Å². The maximum Gasteiger partial charge on any atom is 0.461 e. The fourth-order valence-electron chi connectivity index (χ4n) is 3.88. The molecular formula is C22H21F4NO2. The molecule has 0 amide bonds. The molecule has 3 nitrogen and oxygen atoms in total. The summed E-state index contributed by atoms with van der Waals surface area (Å²) in [4.78, 5) is 2.38. The van der Waals surface area contributed by atoms with Gasteiger partial charge in [-0.2, -0.15) is 17.6 Å². The highest BCUT2D eigenvalue weighted by atomic mass is 19.3. The Balaban J connectivity index is 1.55. The molecule has 0 saturated carbocycles. The number of nitrogens with zero attached hydrogens (tertiary/aromatic N) is 1. The molecule has 2 bridgehead atoms. The van der Waals surface area contributed by atoms with Crippen molar-refractivity contribution >= 4 is 5.57 Å². The number of halogens is 4. The number of fused-ring (bicyclic) bond motifs is 2. The molecule has 2 unspecified atom stereocenters. The van der Waals surface area contributed by atoms with E-state index >= 15 is 0 Å². The molecule has 1 fully saturated rings.